The highest BCUT2D eigenvalue weighted by Crippen LogP contribution is 2.16. The van der Waals surface area contributed by atoms with Gasteiger partial charge in [-0.25, -0.2) is 4.98 Å². The van der Waals surface area contributed by atoms with Crippen LogP contribution in [0.1, 0.15) is 18.2 Å². The van der Waals surface area contributed by atoms with Crippen LogP contribution in [-0.4, -0.2) is 15.2 Å². The van der Waals surface area contributed by atoms with Crippen molar-refractivity contribution in [3.8, 4) is 0 Å². The number of nitrogens with one attached hydrogen (secondary N) is 2. The molecule has 0 atom stereocenters. The third kappa shape index (κ3) is 2.11. The maximum atomic E-state index is 4.40. The summed E-state index contributed by atoms with van der Waals surface area (Å²) in [7, 11) is 0. The number of nitrogens with zero attached hydrogens (tertiary/aromatic N) is 2. The predicted molar refractivity (Wildman–Crippen MR) is 57.4 cm³/mol. The number of H-pyrrole nitrogens is 1. The van der Waals surface area contributed by atoms with Gasteiger partial charge in [-0.15, -0.1) is 11.3 Å². The number of hydrogen-bond donors (Lipinski definition) is 2. The first-order chi connectivity index (χ1) is 6.88. The van der Waals surface area contributed by atoms with Gasteiger partial charge in [-0.05, 0) is 6.42 Å². The lowest BCUT2D eigenvalue weighted by atomic mass is 10.4. The fraction of sp³-hybridized carbons (Fsp3) is 0.333. The van der Waals surface area contributed by atoms with Crippen LogP contribution in [0.5, 0.6) is 0 Å². The number of aromatic nitrogens is 3. The maximum Gasteiger partial charge on any atom is 0.183 e. The molecule has 0 saturated heterocycles. The van der Waals surface area contributed by atoms with E-state index in [1.54, 1.807) is 17.5 Å². The molecule has 14 heavy (non-hydrogen) atoms. The molecule has 5 heteroatoms. The molecule has 0 spiro atoms. The quantitative estimate of drug-likeness (QED) is 0.808. The van der Waals surface area contributed by atoms with E-state index in [4.69, 9.17) is 0 Å². The summed E-state index contributed by atoms with van der Waals surface area (Å²) < 4.78 is 0. The van der Waals surface area contributed by atoms with Crippen molar-refractivity contribution in [2.24, 2.45) is 0 Å². The second kappa shape index (κ2) is 4.23. The standard InChI is InChI=1S/C9H12N4S/c1-2-8-6-14-9(13-8)10-3-7-4-11-12-5-7/h4-6H,2-3H2,1H3,(H,10,13)(H,11,12). The molecule has 0 amide bonds. The largest absolute Gasteiger partial charge is 0.357 e. The fourth-order valence-corrected chi connectivity index (χ4v) is 1.90. The SMILES string of the molecule is CCc1csc(NCc2cn[nH]c2)n1. The Labute approximate surface area is 86.4 Å². The Kier molecular flexibility index (Phi) is 2.78. The van der Waals surface area contributed by atoms with Crippen LogP contribution in [0.25, 0.3) is 0 Å². The highest BCUT2D eigenvalue weighted by atomic mass is 32.1. The smallest absolute Gasteiger partial charge is 0.183 e. The van der Waals surface area contributed by atoms with Gasteiger partial charge in [0.25, 0.3) is 0 Å². The average molecular weight is 208 g/mol. The van der Waals surface area contributed by atoms with Crippen molar-refractivity contribution in [3.63, 3.8) is 0 Å². The fourth-order valence-electron chi connectivity index (χ4n) is 1.10. The number of thiazole rings is 1. The lowest BCUT2D eigenvalue weighted by Crippen LogP contribution is -1.97. The zero-order valence-corrected chi connectivity index (χ0v) is 8.77. The van der Waals surface area contributed by atoms with Crippen LogP contribution in [0.15, 0.2) is 17.8 Å². The summed E-state index contributed by atoms with van der Waals surface area (Å²) in [6.45, 7) is 2.88. The van der Waals surface area contributed by atoms with E-state index in [1.807, 2.05) is 6.20 Å². The van der Waals surface area contributed by atoms with Crippen LogP contribution in [0.3, 0.4) is 0 Å². The van der Waals surface area contributed by atoms with Crippen molar-refractivity contribution in [2.75, 3.05) is 5.32 Å². The van der Waals surface area contributed by atoms with Crippen molar-refractivity contribution >= 4 is 16.5 Å². The van der Waals surface area contributed by atoms with Gasteiger partial charge in [0.05, 0.1) is 11.9 Å². The molecule has 2 N–H and O–H groups in total. The topological polar surface area (TPSA) is 53.6 Å². The highest BCUT2D eigenvalue weighted by Gasteiger charge is 1.99. The van der Waals surface area contributed by atoms with Crippen LogP contribution in [0.2, 0.25) is 0 Å². The third-order valence-corrected chi connectivity index (χ3v) is 2.76. The molecule has 0 saturated carbocycles. The van der Waals surface area contributed by atoms with Gasteiger partial charge in [-0.3, -0.25) is 5.10 Å². The molecule has 0 aliphatic rings. The van der Waals surface area contributed by atoms with E-state index in [0.29, 0.717) is 0 Å². The van der Waals surface area contributed by atoms with Crippen LogP contribution < -0.4 is 5.32 Å². The molecule has 2 heterocycles. The van der Waals surface area contributed by atoms with Crippen molar-refractivity contribution in [2.45, 2.75) is 19.9 Å². The van der Waals surface area contributed by atoms with E-state index < -0.39 is 0 Å². The van der Waals surface area contributed by atoms with Gasteiger partial charge < -0.3 is 5.32 Å². The Hall–Kier alpha value is -1.36. The van der Waals surface area contributed by atoms with Crippen molar-refractivity contribution < 1.29 is 0 Å². The van der Waals surface area contributed by atoms with Crippen LogP contribution in [-0.2, 0) is 13.0 Å². The highest BCUT2D eigenvalue weighted by molar-refractivity contribution is 7.13. The lowest BCUT2D eigenvalue weighted by molar-refractivity contribution is 1.05. The van der Waals surface area contributed by atoms with E-state index in [2.05, 4.69) is 32.8 Å². The van der Waals surface area contributed by atoms with Gasteiger partial charge in [0.15, 0.2) is 5.13 Å². The van der Waals surface area contributed by atoms with Gasteiger partial charge in [-0.2, -0.15) is 5.10 Å². The number of aryl methyl sites for hydroxylation is 1. The van der Waals surface area contributed by atoms with E-state index >= 15 is 0 Å². The number of rotatable bonds is 4. The van der Waals surface area contributed by atoms with E-state index in [-0.39, 0.29) is 0 Å². The molecule has 0 aliphatic heterocycles. The zero-order chi connectivity index (χ0) is 9.80. The summed E-state index contributed by atoms with van der Waals surface area (Å²) in [5, 5.41) is 13.0. The van der Waals surface area contributed by atoms with Crippen LogP contribution >= 0.6 is 11.3 Å². The first-order valence-electron chi connectivity index (χ1n) is 4.54. The summed E-state index contributed by atoms with van der Waals surface area (Å²) in [5.41, 5.74) is 2.28. The molecule has 0 unspecified atom stereocenters. The van der Waals surface area contributed by atoms with E-state index in [1.165, 1.54) is 0 Å². The maximum absolute atomic E-state index is 4.40. The molecule has 0 radical (unpaired) electrons. The second-order valence-electron chi connectivity index (χ2n) is 2.96. The minimum absolute atomic E-state index is 0.771. The van der Waals surface area contributed by atoms with Gasteiger partial charge in [0.2, 0.25) is 0 Å². The number of anilines is 1. The zero-order valence-electron chi connectivity index (χ0n) is 7.95. The van der Waals surface area contributed by atoms with Crippen LogP contribution in [0.4, 0.5) is 5.13 Å². The molecule has 74 valence electrons. The third-order valence-electron chi connectivity index (χ3n) is 1.91. The Morgan fingerprint density at radius 2 is 2.50 bits per heavy atom. The Balaban J connectivity index is 1.92. The second-order valence-corrected chi connectivity index (χ2v) is 3.82. The molecular weight excluding hydrogens is 196 g/mol. The Bertz CT molecular complexity index is 379. The monoisotopic (exact) mass is 208 g/mol. The summed E-state index contributed by atoms with van der Waals surface area (Å²) in [6.07, 6.45) is 4.67. The van der Waals surface area contributed by atoms with Gasteiger partial charge in [0.1, 0.15) is 0 Å². The van der Waals surface area contributed by atoms with Gasteiger partial charge in [-0.1, -0.05) is 6.92 Å². The Morgan fingerprint density at radius 3 is 3.14 bits per heavy atom. The molecule has 0 aromatic carbocycles. The van der Waals surface area contributed by atoms with Crippen LogP contribution in [0, 0.1) is 0 Å². The summed E-state index contributed by atoms with van der Waals surface area (Å²) in [5.74, 6) is 0. The molecule has 4 nitrogen and oxygen atoms in total. The summed E-state index contributed by atoms with van der Waals surface area (Å²) in [4.78, 5) is 4.40. The van der Waals surface area contributed by atoms with Crippen molar-refractivity contribution in [1.29, 1.82) is 0 Å². The minimum atomic E-state index is 0.771. The molecule has 0 fully saturated rings. The molecule has 2 rings (SSSR count). The molecule has 2 aromatic heterocycles. The summed E-state index contributed by atoms with van der Waals surface area (Å²) in [6, 6.07) is 0. The molecule has 0 bridgehead atoms. The molecular formula is C9H12N4S. The molecule has 2 aromatic rings. The predicted octanol–water partition coefficient (Wildman–Crippen LogP) is 2.04. The average Bonchev–Trinajstić information content (AvgIpc) is 2.86. The lowest BCUT2D eigenvalue weighted by Gasteiger charge is -1.97. The number of hydrogen-bond acceptors (Lipinski definition) is 4. The van der Waals surface area contributed by atoms with Gasteiger partial charge in [0, 0.05) is 23.7 Å². The van der Waals surface area contributed by atoms with Crippen molar-refractivity contribution in [1.82, 2.24) is 15.2 Å². The summed E-state index contributed by atoms with van der Waals surface area (Å²) >= 11 is 1.64. The minimum Gasteiger partial charge on any atom is -0.357 e. The van der Waals surface area contributed by atoms with Crippen molar-refractivity contribution in [3.05, 3.63) is 29.0 Å². The van der Waals surface area contributed by atoms with E-state index in [0.717, 1.165) is 29.4 Å². The van der Waals surface area contributed by atoms with Gasteiger partial charge >= 0.3 is 0 Å². The molecule has 0 aliphatic carbocycles. The van der Waals surface area contributed by atoms with E-state index in [9.17, 15) is 0 Å². The first kappa shape index (κ1) is 9.21. The first-order valence-corrected chi connectivity index (χ1v) is 5.42. The number of aromatic amines is 1. The Morgan fingerprint density at radius 1 is 1.57 bits per heavy atom. The normalized spacial score (nSPS) is 10.4.